The Balaban J connectivity index is 1.70. The van der Waals surface area contributed by atoms with Crippen LogP contribution in [0.25, 0.3) is 10.9 Å². The highest BCUT2D eigenvalue weighted by atomic mass is 79.9. The van der Waals surface area contributed by atoms with Gasteiger partial charge in [0.1, 0.15) is 5.82 Å². The number of halogens is 3. The fraction of sp³-hybridized carbons (Fsp3) is 0.211. The molecule has 0 fully saturated rings. The Kier molecular flexibility index (Phi) is 6.06. The number of carbonyl (C=O) groups excluding carboxylic acids is 1. The molecule has 0 N–H and O–H groups in total. The van der Waals surface area contributed by atoms with Crippen molar-refractivity contribution in [2.45, 2.75) is 19.5 Å². The third-order valence-electron chi connectivity index (χ3n) is 4.19. The largest absolute Gasteiger partial charge is 0.341 e. The van der Waals surface area contributed by atoms with Gasteiger partial charge in [0.15, 0.2) is 0 Å². The van der Waals surface area contributed by atoms with E-state index in [2.05, 4.69) is 36.8 Å². The zero-order valence-electron chi connectivity index (χ0n) is 14.5. The van der Waals surface area contributed by atoms with Crippen molar-refractivity contribution in [3.63, 3.8) is 0 Å². The molecule has 3 aromatic rings. The average molecular weight is 497 g/mol. The molecule has 0 atom stereocenters. The summed E-state index contributed by atoms with van der Waals surface area (Å²) in [7, 11) is 1.61. The molecule has 3 rings (SSSR count). The number of hydrogen-bond acceptors (Lipinski definition) is 3. The highest BCUT2D eigenvalue weighted by molar-refractivity contribution is 9.10. The van der Waals surface area contributed by atoms with Gasteiger partial charge in [-0.15, -0.1) is 0 Å². The van der Waals surface area contributed by atoms with Crippen LogP contribution in [0.1, 0.15) is 12.0 Å². The van der Waals surface area contributed by atoms with Crippen molar-refractivity contribution in [1.82, 2.24) is 14.5 Å². The molecule has 27 heavy (non-hydrogen) atoms. The second-order valence-electron chi connectivity index (χ2n) is 6.14. The number of aromatic nitrogens is 2. The van der Waals surface area contributed by atoms with E-state index in [1.165, 1.54) is 21.9 Å². The van der Waals surface area contributed by atoms with Gasteiger partial charge in [-0.1, -0.05) is 31.9 Å². The number of hydrogen-bond donors (Lipinski definition) is 0. The van der Waals surface area contributed by atoms with Gasteiger partial charge in [-0.25, -0.2) is 9.37 Å². The maximum absolute atomic E-state index is 13.9. The number of fused-ring (bicyclic) bond motifs is 1. The quantitative estimate of drug-likeness (QED) is 0.534. The topological polar surface area (TPSA) is 55.2 Å². The Hall–Kier alpha value is -2.06. The van der Waals surface area contributed by atoms with E-state index >= 15 is 0 Å². The standard InChI is InChI=1S/C19H16Br2FN3O2/c1-24(10-12-8-13(20)2-4-16(12)22)18(26)6-7-25-11-23-17-5-3-14(21)9-15(17)19(25)27/h2-5,8-9,11H,6-7,10H2,1H3. The van der Waals surface area contributed by atoms with Crippen LogP contribution in [0.4, 0.5) is 4.39 Å². The molecule has 0 spiro atoms. The molecule has 0 aliphatic heterocycles. The monoisotopic (exact) mass is 495 g/mol. The lowest BCUT2D eigenvalue weighted by molar-refractivity contribution is -0.130. The Morgan fingerprint density at radius 3 is 2.67 bits per heavy atom. The van der Waals surface area contributed by atoms with Crippen molar-refractivity contribution in [1.29, 1.82) is 0 Å². The maximum atomic E-state index is 13.9. The van der Waals surface area contributed by atoms with Crippen LogP contribution in [0.15, 0.2) is 56.5 Å². The second-order valence-corrected chi connectivity index (χ2v) is 7.97. The lowest BCUT2D eigenvalue weighted by Gasteiger charge is -2.18. The zero-order chi connectivity index (χ0) is 19.6. The molecule has 5 nitrogen and oxygen atoms in total. The van der Waals surface area contributed by atoms with E-state index in [0.29, 0.717) is 16.5 Å². The molecule has 0 radical (unpaired) electrons. The first-order valence-corrected chi connectivity index (χ1v) is 9.76. The molecule has 0 saturated heterocycles. The van der Waals surface area contributed by atoms with Crippen molar-refractivity contribution < 1.29 is 9.18 Å². The summed E-state index contributed by atoms with van der Waals surface area (Å²) in [5, 5.41) is 0.490. The number of aryl methyl sites for hydroxylation is 1. The predicted octanol–water partition coefficient (Wildman–Crippen LogP) is 4.11. The summed E-state index contributed by atoms with van der Waals surface area (Å²) >= 11 is 6.64. The first-order chi connectivity index (χ1) is 12.8. The van der Waals surface area contributed by atoms with Crippen molar-refractivity contribution in [3.05, 3.63) is 73.4 Å². The van der Waals surface area contributed by atoms with Crippen LogP contribution in [-0.2, 0) is 17.9 Å². The van der Waals surface area contributed by atoms with Crippen molar-refractivity contribution >= 4 is 48.7 Å². The lowest BCUT2D eigenvalue weighted by Crippen LogP contribution is -2.29. The molecule has 8 heteroatoms. The van der Waals surface area contributed by atoms with Crippen LogP contribution in [-0.4, -0.2) is 27.4 Å². The summed E-state index contributed by atoms with van der Waals surface area (Å²) in [5.74, 6) is -0.547. The predicted molar refractivity (Wildman–Crippen MR) is 109 cm³/mol. The Morgan fingerprint density at radius 2 is 1.89 bits per heavy atom. The van der Waals surface area contributed by atoms with Gasteiger partial charge in [0.2, 0.25) is 5.91 Å². The molecule has 0 aliphatic carbocycles. The van der Waals surface area contributed by atoms with Crippen molar-refractivity contribution in [2.24, 2.45) is 0 Å². The van der Waals surface area contributed by atoms with Gasteiger partial charge in [0.25, 0.3) is 5.56 Å². The van der Waals surface area contributed by atoms with Crippen LogP contribution in [0.5, 0.6) is 0 Å². The molecular weight excluding hydrogens is 481 g/mol. The van der Waals surface area contributed by atoms with Gasteiger partial charge < -0.3 is 4.90 Å². The Bertz CT molecular complexity index is 1070. The fourth-order valence-electron chi connectivity index (χ4n) is 2.71. The molecule has 2 aromatic carbocycles. The molecule has 1 aromatic heterocycles. The normalized spacial score (nSPS) is 11.0. The Labute approximate surface area is 172 Å². The minimum atomic E-state index is -0.363. The van der Waals surface area contributed by atoms with Crippen LogP contribution in [0.2, 0.25) is 0 Å². The Morgan fingerprint density at radius 1 is 1.19 bits per heavy atom. The molecule has 140 valence electrons. The van der Waals surface area contributed by atoms with E-state index < -0.39 is 0 Å². The van der Waals surface area contributed by atoms with E-state index in [0.717, 1.165) is 8.95 Å². The smallest absolute Gasteiger partial charge is 0.261 e. The van der Waals surface area contributed by atoms with Gasteiger partial charge in [-0.05, 0) is 36.4 Å². The van der Waals surface area contributed by atoms with Crippen LogP contribution in [0.3, 0.4) is 0 Å². The van der Waals surface area contributed by atoms with E-state index in [9.17, 15) is 14.0 Å². The van der Waals surface area contributed by atoms with E-state index in [1.54, 1.807) is 31.3 Å². The molecule has 0 unspecified atom stereocenters. The molecule has 0 bridgehead atoms. The van der Waals surface area contributed by atoms with Gasteiger partial charge in [0.05, 0.1) is 17.2 Å². The minimum absolute atomic E-state index is 0.118. The summed E-state index contributed by atoms with van der Waals surface area (Å²) in [6.45, 7) is 0.361. The van der Waals surface area contributed by atoms with Crippen LogP contribution >= 0.6 is 31.9 Å². The SMILES string of the molecule is CN(Cc1cc(Br)ccc1F)C(=O)CCn1cnc2ccc(Br)cc2c1=O. The minimum Gasteiger partial charge on any atom is -0.341 e. The summed E-state index contributed by atoms with van der Waals surface area (Å²) in [4.78, 5) is 30.7. The average Bonchev–Trinajstić information content (AvgIpc) is 2.64. The van der Waals surface area contributed by atoms with Crippen molar-refractivity contribution in [2.75, 3.05) is 7.05 Å². The third kappa shape index (κ3) is 4.62. The zero-order valence-corrected chi connectivity index (χ0v) is 17.6. The fourth-order valence-corrected chi connectivity index (χ4v) is 3.48. The summed E-state index contributed by atoms with van der Waals surface area (Å²) in [6.07, 6.45) is 1.56. The van der Waals surface area contributed by atoms with E-state index in [-0.39, 0.29) is 36.8 Å². The molecule has 0 saturated carbocycles. The van der Waals surface area contributed by atoms with E-state index in [4.69, 9.17) is 0 Å². The number of carbonyl (C=O) groups is 1. The molecule has 0 aliphatic rings. The number of rotatable bonds is 5. The first kappa shape index (κ1) is 19.7. The highest BCUT2D eigenvalue weighted by Crippen LogP contribution is 2.17. The van der Waals surface area contributed by atoms with E-state index in [1.807, 2.05) is 6.07 Å². The van der Waals surface area contributed by atoms with Crippen LogP contribution < -0.4 is 5.56 Å². The number of amides is 1. The maximum Gasteiger partial charge on any atom is 0.261 e. The molecule has 1 amide bonds. The summed E-state index contributed by atoms with van der Waals surface area (Å²) in [5.41, 5.74) is 0.831. The second kappa shape index (κ2) is 8.31. The first-order valence-electron chi connectivity index (χ1n) is 8.18. The van der Waals surface area contributed by atoms with Gasteiger partial charge in [0, 0.05) is 41.1 Å². The third-order valence-corrected chi connectivity index (χ3v) is 5.18. The van der Waals surface area contributed by atoms with Gasteiger partial charge in [-0.3, -0.25) is 14.2 Å². The molecular formula is C19H16Br2FN3O2. The number of nitrogens with zero attached hydrogens (tertiary/aromatic N) is 3. The molecule has 1 heterocycles. The van der Waals surface area contributed by atoms with Gasteiger partial charge in [-0.2, -0.15) is 0 Å². The van der Waals surface area contributed by atoms with Crippen LogP contribution in [0, 0.1) is 5.82 Å². The van der Waals surface area contributed by atoms with Crippen molar-refractivity contribution in [3.8, 4) is 0 Å². The van der Waals surface area contributed by atoms with Gasteiger partial charge >= 0.3 is 0 Å². The summed E-state index contributed by atoms with van der Waals surface area (Å²) < 4.78 is 16.8. The lowest BCUT2D eigenvalue weighted by atomic mass is 10.2. The number of benzene rings is 2. The summed E-state index contributed by atoms with van der Waals surface area (Å²) in [6, 6.07) is 9.91. The highest BCUT2D eigenvalue weighted by Gasteiger charge is 2.13.